The van der Waals surface area contributed by atoms with Crippen LogP contribution in [0.15, 0.2) is 23.4 Å². The number of piperidine rings is 1. The smallest absolute Gasteiger partial charge is 0.254 e. The van der Waals surface area contributed by atoms with Crippen molar-refractivity contribution in [3.8, 4) is 0 Å². The molecule has 0 N–H and O–H groups in total. The van der Waals surface area contributed by atoms with E-state index in [1.54, 1.807) is 25.3 Å². The highest BCUT2D eigenvalue weighted by Crippen LogP contribution is 2.44. The summed E-state index contributed by atoms with van der Waals surface area (Å²) in [7, 11) is 1.68. The maximum atomic E-state index is 12.2. The maximum absolute atomic E-state index is 12.2. The van der Waals surface area contributed by atoms with Gasteiger partial charge in [0.15, 0.2) is 0 Å². The van der Waals surface area contributed by atoms with Gasteiger partial charge in [0, 0.05) is 24.8 Å². The number of amides is 1. The number of benzene rings is 1. The summed E-state index contributed by atoms with van der Waals surface area (Å²) in [5.74, 6) is 0.00931. The molecule has 1 amide bonds. The fourth-order valence-electron chi connectivity index (χ4n) is 2.99. The lowest BCUT2D eigenvalue weighted by molar-refractivity contribution is 0.0172. The zero-order valence-corrected chi connectivity index (χ0v) is 10.1. The van der Waals surface area contributed by atoms with Crippen molar-refractivity contribution in [2.45, 2.75) is 25.0 Å². The van der Waals surface area contributed by atoms with Crippen molar-refractivity contribution in [1.82, 2.24) is 4.90 Å². The molecule has 1 saturated heterocycles. The van der Waals surface area contributed by atoms with Crippen molar-refractivity contribution >= 4 is 11.6 Å². The molecule has 3 rings (SSSR count). The highest BCUT2D eigenvalue weighted by Gasteiger charge is 2.42. The lowest BCUT2D eigenvalue weighted by Gasteiger charge is -2.34. The van der Waals surface area contributed by atoms with Gasteiger partial charge in [-0.3, -0.25) is 4.79 Å². The minimum Gasteiger partial charge on any atom is -0.381 e. The Morgan fingerprint density at radius 1 is 1.44 bits per heavy atom. The molecule has 94 valence electrons. The predicted molar refractivity (Wildman–Crippen MR) is 65.7 cm³/mol. The minimum atomic E-state index is -0.0555. The van der Waals surface area contributed by atoms with Gasteiger partial charge in [-0.25, -0.2) is 0 Å². The van der Waals surface area contributed by atoms with Gasteiger partial charge in [0.25, 0.3) is 5.91 Å². The quantitative estimate of drug-likeness (QED) is 0.753. The van der Waals surface area contributed by atoms with Gasteiger partial charge in [0.05, 0.1) is 12.1 Å². The fourth-order valence-corrected chi connectivity index (χ4v) is 2.99. The van der Waals surface area contributed by atoms with Crippen LogP contribution in [-0.2, 0) is 4.74 Å². The van der Waals surface area contributed by atoms with Crippen LogP contribution in [0.5, 0.6) is 0 Å². The Bertz CT molecular complexity index is 515. The standard InChI is InChI=1S/C13H14N2O3/c1-18-8-5-6-15-11(7-8)12-9(13(15)16)3-2-4-10(12)14-17/h2-4,8,11H,5-7H2,1H3. The topological polar surface area (TPSA) is 59.0 Å². The number of fused-ring (bicyclic) bond motifs is 3. The number of nitroso groups, excluding NO2 is 1. The van der Waals surface area contributed by atoms with Gasteiger partial charge in [0.1, 0.15) is 5.69 Å². The summed E-state index contributed by atoms with van der Waals surface area (Å²) in [6.45, 7) is 0.676. The van der Waals surface area contributed by atoms with Crippen molar-refractivity contribution in [2.24, 2.45) is 5.18 Å². The molecule has 1 fully saturated rings. The molecule has 2 atom stereocenters. The number of rotatable bonds is 2. The Balaban J connectivity index is 2.07. The molecule has 2 aliphatic heterocycles. The first-order chi connectivity index (χ1) is 8.76. The van der Waals surface area contributed by atoms with E-state index < -0.39 is 0 Å². The molecular weight excluding hydrogens is 232 g/mol. The molecule has 0 aliphatic carbocycles. The molecule has 2 heterocycles. The molecule has 18 heavy (non-hydrogen) atoms. The summed E-state index contributed by atoms with van der Waals surface area (Å²) in [6, 6.07) is 5.09. The number of hydrogen-bond donors (Lipinski definition) is 0. The summed E-state index contributed by atoms with van der Waals surface area (Å²) in [5, 5.41) is 3.05. The van der Waals surface area contributed by atoms with E-state index in [2.05, 4.69) is 5.18 Å². The summed E-state index contributed by atoms with van der Waals surface area (Å²) in [5.41, 5.74) is 1.78. The van der Waals surface area contributed by atoms with Crippen molar-refractivity contribution in [3.05, 3.63) is 34.2 Å². The Morgan fingerprint density at radius 3 is 3.00 bits per heavy atom. The summed E-state index contributed by atoms with van der Waals surface area (Å²) in [6.07, 6.45) is 1.72. The number of ether oxygens (including phenoxy) is 1. The van der Waals surface area contributed by atoms with E-state index in [-0.39, 0.29) is 18.1 Å². The van der Waals surface area contributed by atoms with E-state index in [0.717, 1.165) is 18.4 Å². The second-order valence-corrected chi connectivity index (χ2v) is 4.73. The van der Waals surface area contributed by atoms with Gasteiger partial charge in [-0.15, -0.1) is 4.91 Å². The van der Waals surface area contributed by atoms with Crippen LogP contribution in [0.2, 0.25) is 0 Å². The molecule has 0 spiro atoms. The number of carbonyl (C=O) groups excluding carboxylic acids is 1. The molecule has 2 unspecified atom stereocenters. The average molecular weight is 246 g/mol. The molecular formula is C13H14N2O3. The third kappa shape index (κ3) is 1.47. The van der Waals surface area contributed by atoms with Crippen molar-refractivity contribution in [1.29, 1.82) is 0 Å². The number of nitrogens with zero attached hydrogens (tertiary/aromatic N) is 2. The Kier molecular flexibility index (Phi) is 2.63. The van der Waals surface area contributed by atoms with Crippen LogP contribution >= 0.6 is 0 Å². The van der Waals surface area contributed by atoms with E-state index in [1.807, 2.05) is 4.90 Å². The van der Waals surface area contributed by atoms with E-state index in [4.69, 9.17) is 4.74 Å². The first-order valence-electron chi connectivity index (χ1n) is 6.06. The lowest BCUT2D eigenvalue weighted by atomic mass is 9.94. The van der Waals surface area contributed by atoms with Crippen LogP contribution in [0, 0.1) is 4.91 Å². The lowest BCUT2D eigenvalue weighted by Crippen LogP contribution is -2.38. The van der Waals surface area contributed by atoms with Gasteiger partial charge in [-0.1, -0.05) is 6.07 Å². The number of carbonyl (C=O) groups is 1. The molecule has 0 bridgehead atoms. The highest BCUT2D eigenvalue weighted by atomic mass is 16.5. The minimum absolute atomic E-state index is 0.00931. The number of methoxy groups -OCH3 is 1. The Morgan fingerprint density at radius 2 is 2.28 bits per heavy atom. The SMILES string of the molecule is COC1CCN2C(=O)c3cccc(N=O)c3C2C1. The molecule has 0 radical (unpaired) electrons. The zero-order valence-electron chi connectivity index (χ0n) is 10.1. The highest BCUT2D eigenvalue weighted by molar-refractivity contribution is 6.00. The van der Waals surface area contributed by atoms with Gasteiger partial charge in [0.2, 0.25) is 0 Å². The predicted octanol–water partition coefficient (Wildman–Crippen LogP) is 2.39. The van der Waals surface area contributed by atoms with Gasteiger partial charge in [-0.2, -0.15) is 0 Å². The Hall–Kier alpha value is -1.75. The molecule has 0 saturated carbocycles. The fraction of sp³-hybridized carbons (Fsp3) is 0.462. The van der Waals surface area contributed by atoms with Crippen LogP contribution in [0.25, 0.3) is 0 Å². The zero-order chi connectivity index (χ0) is 12.7. The summed E-state index contributed by atoms with van der Waals surface area (Å²) < 4.78 is 5.38. The second-order valence-electron chi connectivity index (χ2n) is 4.73. The van der Waals surface area contributed by atoms with Gasteiger partial charge < -0.3 is 9.64 Å². The van der Waals surface area contributed by atoms with Crippen LogP contribution < -0.4 is 0 Å². The van der Waals surface area contributed by atoms with Crippen LogP contribution in [-0.4, -0.2) is 30.6 Å². The third-order valence-electron chi connectivity index (χ3n) is 3.89. The van der Waals surface area contributed by atoms with Crippen molar-refractivity contribution < 1.29 is 9.53 Å². The van der Waals surface area contributed by atoms with Crippen molar-refractivity contribution in [3.63, 3.8) is 0 Å². The van der Waals surface area contributed by atoms with E-state index in [9.17, 15) is 9.70 Å². The first-order valence-corrected chi connectivity index (χ1v) is 6.06. The van der Waals surface area contributed by atoms with Crippen LogP contribution in [0.3, 0.4) is 0 Å². The Labute approximate surface area is 105 Å². The molecule has 2 aliphatic rings. The molecule has 1 aromatic carbocycles. The molecule has 5 nitrogen and oxygen atoms in total. The molecule has 0 aromatic heterocycles. The van der Waals surface area contributed by atoms with E-state index >= 15 is 0 Å². The number of hydrogen-bond acceptors (Lipinski definition) is 4. The molecule has 1 aromatic rings. The van der Waals surface area contributed by atoms with Crippen LogP contribution in [0.1, 0.15) is 34.8 Å². The van der Waals surface area contributed by atoms with E-state index in [1.165, 1.54) is 0 Å². The maximum Gasteiger partial charge on any atom is 0.254 e. The first kappa shape index (κ1) is 11.3. The van der Waals surface area contributed by atoms with Crippen molar-refractivity contribution in [2.75, 3.05) is 13.7 Å². The molecule has 5 heteroatoms. The summed E-state index contributed by atoms with van der Waals surface area (Å²) >= 11 is 0. The second kappa shape index (κ2) is 4.17. The normalized spacial score (nSPS) is 25.8. The van der Waals surface area contributed by atoms with E-state index in [0.29, 0.717) is 17.8 Å². The van der Waals surface area contributed by atoms with Gasteiger partial charge >= 0.3 is 0 Å². The van der Waals surface area contributed by atoms with Gasteiger partial charge in [-0.05, 0) is 30.2 Å². The third-order valence-corrected chi connectivity index (χ3v) is 3.89. The van der Waals surface area contributed by atoms with Crippen LogP contribution in [0.4, 0.5) is 5.69 Å². The largest absolute Gasteiger partial charge is 0.381 e. The summed E-state index contributed by atoms with van der Waals surface area (Å²) in [4.78, 5) is 25.0. The monoisotopic (exact) mass is 246 g/mol. The average Bonchev–Trinajstić information content (AvgIpc) is 2.72.